The van der Waals surface area contributed by atoms with Crippen LogP contribution in [0.15, 0.2) is 34.7 Å². The van der Waals surface area contributed by atoms with E-state index in [1.807, 2.05) is 25.1 Å². The van der Waals surface area contributed by atoms with Gasteiger partial charge in [-0.3, -0.25) is 4.79 Å². The summed E-state index contributed by atoms with van der Waals surface area (Å²) < 4.78 is 5.53. The summed E-state index contributed by atoms with van der Waals surface area (Å²) >= 11 is 0. The molecule has 0 aliphatic rings. The maximum absolute atomic E-state index is 12.3. The van der Waals surface area contributed by atoms with Gasteiger partial charge < -0.3 is 4.42 Å². The molecule has 2 rings (SSSR count). The number of rotatable bonds is 5. The van der Waals surface area contributed by atoms with Crippen LogP contribution in [0, 0.1) is 0 Å². The summed E-state index contributed by atoms with van der Waals surface area (Å²) in [5, 5.41) is 0. The van der Waals surface area contributed by atoms with Crippen LogP contribution in [-0.2, 0) is 19.3 Å². The summed E-state index contributed by atoms with van der Waals surface area (Å²) in [7, 11) is 0. The maximum atomic E-state index is 12.3. The van der Waals surface area contributed by atoms with Crippen LogP contribution in [0.5, 0.6) is 0 Å². The van der Waals surface area contributed by atoms with Crippen LogP contribution in [0.2, 0.25) is 0 Å². The van der Waals surface area contributed by atoms with Crippen LogP contribution in [0.25, 0.3) is 0 Å². The van der Waals surface area contributed by atoms with Crippen LogP contribution in [-0.4, -0.2) is 5.78 Å². The second-order valence-corrected chi connectivity index (χ2v) is 4.64. The number of aryl methyl sites for hydroxylation is 3. The molecular formula is C17H20O2. The van der Waals surface area contributed by atoms with Gasteiger partial charge in [0.25, 0.3) is 0 Å². The first kappa shape index (κ1) is 13.6. The molecule has 0 radical (unpaired) electrons. The Balaban J connectivity index is 2.33. The van der Waals surface area contributed by atoms with Crippen molar-refractivity contribution in [2.45, 2.75) is 40.0 Å². The number of hydrogen-bond acceptors (Lipinski definition) is 2. The third-order valence-electron chi connectivity index (χ3n) is 3.46. The molecule has 1 heterocycles. The van der Waals surface area contributed by atoms with Gasteiger partial charge in [0.05, 0.1) is 0 Å². The van der Waals surface area contributed by atoms with Gasteiger partial charge in [0.2, 0.25) is 5.78 Å². The number of carbonyl (C=O) groups is 1. The van der Waals surface area contributed by atoms with E-state index in [9.17, 15) is 4.79 Å². The normalized spacial score (nSPS) is 10.7. The first-order chi connectivity index (χ1) is 9.19. The predicted octanol–water partition coefficient (Wildman–Crippen LogP) is 4.20. The second kappa shape index (κ2) is 5.87. The number of ketones is 1. The van der Waals surface area contributed by atoms with E-state index in [0.717, 1.165) is 25.0 Å². The van der Waals surface area contributed by atoms with Crippen molar-refractivity contribution in [3.8, 4) is 0 Å². The highest BCUT2D eigenvalue weighted by Gasteiger charge is 2.14. The molecule has 1 aromatic carbocycles. The summed E-state index contributed by atoms with van der Waals surface area (Å²) in [6.45, 7) is 6.26. The van der Waals surface area contributed by atoms with Gasteiger partial charge in [0.1, 0.15) is 5.76 Å². The molecule has 0 atom stereocenters. The lowest BCUT2D eigenvalue weighted by molar-refractivity contribution is 0.101. The quantitative estimate of drug-likeness (QED) is 0.750. The van der Waals surface area contributed by atoms with E-state index in [4.69, 9.17) is 4.42 Å². The minimum atomic E-state index is -0.0305. The molecule has 0 saturated carbocycles. The van der Waals surface area contributed by atoms with E-state index in [2.05, 4.69) is 19.9 Å². The Bertz CT molecular complexity index is 579. The van der Waals surface area contributed by atoms with Gasteiger partial charge >= 0.3 is 0 Å². The summed E-state index contributed by atoms with van der Waals surface area (Å²) in [6, 6.07) is 9.58. The Hall–Kier alpha value is -1.83. The maximum Gasteiger partial charge on any atom is 0.228 e. The van der Waals surface area contributed by atoms with Crippen LogP contribution in [0.1, 0.15) is 53.8 Å². The van der Waals surface area contributed by atoms with Gasteiger partial charge in [0.15, 0.2) is 5.76 Å². The van der Waals surface area contributed by atoms with Crippen molar-refractivity contribution in [2.75, 3.05) is 0 Å². The number of furan rings is 1. The zero-order valence-corrected chi connectivity index (χ0v) is 11.8. The number of benzene rings is 1. The molecule has 19 heavy (non-hydrogen) atoms. The lowest BCUT2D eigenvalue weighted by Gasteiger charge is -2.07. The van der Waals surface area contributed by atoms with E-state index in [0.29, 0.717) is 11.3 Å². The van der Waals surface area contributed by atoms with Crippen LogP contribution in [0.4, 0.5) is 0 Å². The largest absolute Gasteiger partial charge is 0.458 e. The Kier molecular flexibility index (Phi) is 4.20. The van der Waals surface area contributed by atoms with Gasteiger partial charge in [-0.1, -0.05) is 32.9 Å². The average Bonchev–Trinajstić information content (AvgIpc) is 2.94. The van der Waals surface area contributed by atoms with Crippen molar-refractivity contribution in [1.29, 1.82) is 0 Å². The van der Waals surface area contributed by atoms with E-state index in [1.165, 1.54) is 11.1 Å². The zero-order valence-electron chi connectivity index (χ0n) is 11.8. The van der Waals surface area contributed by atoms with Gasteiger partial charge in [-0.05, 0) is 42.2 Å². The fourth-order valence-corrected chi connectivity index (χ4v) is 2.27. The van der Waals surface area contributed by atoms with E-state index in [-0.39, 0.29) is 5.78 Å². The topological polar surface area (TPSA) is 30.2 Å². The Morgan fingerprint density at radius 3 is 2.26 bits per heavy atom. The molecule has 0 fully saturated rings. The van der Waals surface area contributed by atoms with Crippen LogP contribution in [0.3, 0.4) is 0 Å². The van der Waals surface area contributed by atoms with Crippen LogP contribution >= 0.6 is 0 Å². The Labute approximate surface area is 114 Å². The first-order valence-electron chi connectivity index (χ1n) is 6.94. The summed E-state index contributed by atoms with van der Waals surface area (Å²) in [6.07, 6.45) is 2.75. The fraction of sp³-hybridized carbons (Fsp3) is 0.353. The molecule has 0 aliphatic carbocycles. The fourth-order valence-electron chi connectivity index (χ4n) is 2.27. The lowest BCUT2D eigenvalue weighted by atomic mass is 9.98. The van der Waals surface area contributed by atoms with Crippen molar-refractivity contribution in [2.24, 2.45) is 0 Å². The SMILES string of the molecule is CCc1ccc(C(=O)c2ccc(CC)c(CC)c2)o1. The minimum Gasteiger partial charge on any atom is -0.458 e. The molecule has 0 saturated heterocycles. The van der Waals surface area contributed by atoms with Gasteiger partial charge in [-0.2, -0.15) is 0 Å². The summed E-state index contributed by atoms with van der Waals surface area (Å²) in [5.74, 6) is 1.25. The van der Waals surface area contributed by atoms with Gasteiger partial charge in [-0.25, -0.2) is 0 Å². The highest BCUT2D eigenvalue weighted by atomic mass is 16.3. The first-order valence-corrected chi connectivity index (χ1v) is 6.94. The number of carbonyl (C=O) groups excluding carboxylic acids is 1. The molecule has 0 bridgehead atoms. The van der Waals surface area contributed by atoms with Crippen molar-refractivity contribution < 1.29 is 9.21 Å². The molecule has 0 N–H and O–H groups in total. The Morgan fingerprint density at radius 1 is 0.947 bits per heavy atom. The highest BCUT2D eigenvalue weighted by molar-refractivity contribution is 6.07. The Morgan fingerprint density at radius 2 is 1.68 bits per heavy atom. The molecule has 1 aromatic heterocycles. The molecule has 0 amide bonds. The van der Waals surface area contributed by atoms with Crippen molar-refractivity contribution >= 4 is 5.78 Å². The molecule has 2 nitrogen and oxygen atoms in total. The lowest BCUT2D eigenvalue weighted by Crippen LogP contribution is -2.02. The standard InChI is InChI=1S/C17H20O2/c1-4-12-7-8-14(11-13(12)5-2)17(18)16-10-9-15(6-3)19-16/h7-11H,4-6H2,1-3H3. The van der Waals surface area contributed by atoms with Gasteiger partial charge in [-0.15, -0.1) is 0 Å². The third kappa shape index (κ3) is 2.78. The molecule has 0 spiro atoms. The average molecular weight is 256 g/mol. The molecule has 100 valence electrons. The van der Waals surface area contributed by atoms with E-state index >= 15 is 0 Å². The van der Waals surface area contributed by atoms with Crippen LogP contribution < -0.4 is 0 Å². The summed E-state index contributed by atoms with van der Waals surface area (Å²) in [5.41, 5.74) is 3.27. The van der Waals surface area contributed by atoms with E-state index in [1.54, 1.807) is 6.07 Å². The molecule has 2 heteroatoms. The third-order valence-corrected chi connectivity index (χ3v) is 3.46. The minimum absolute atomic E-state index is 0.0305. The summed E-state index contributed by atoms with van der Waals surface area (Å²) in [4.78, 5) is 12.3. The predicted molar refractivity (Wildman–Crippen MR) is 76.7 cm³/mol. The molecule has 2 aromatic rings. The molecule has 0 aliphatic heterocycles. The number of hydrogen-bond donors (Lipinski definition) is 0. The zero-order chi connectivity index (χ0) is 13.8. The molecular weight excluding hydrogens is 236 g/mol. The van der Waals surface area contributed by atoms with Gasteiger partial charge in [0, 0.05) is 12.0 Å². The van der Waals surface area contributed by atoms with Crippen molar-refractivity contribution in [3.63, 3.8) is 0 Å². The highest BCUT2D eigenvalue weighted by Crippen LogP contribution is 2.18. The van der Waals surface area contributed by atoms with Crippen molar-refractivity contribution in [3.05, 3.63) is 58.5 Å². The smallest absolute Gasteiger partial charge is 0.228 e. The second-order valence-electron chi connectivity index (χ2n) is 4.64. The monoisotopic (exact) mass is 256 g/mol. The molecule has 0 unspecified atom stereocenters. The van der Waals surface area contributed by atoms with E-state index < -0.39 is 0 Å². The van der Waals surface area contributed by atoms with Crippen molar-refractivity contribution in [1.82, 2.24) is 0 Å².